The summed E-state index contributed by atoms with van der Waals surface area (Å²) in [5.41, 5.74) is 2.76. The topological polar surface area (TPSA) is 93.5 Å². The van der Waals surface area contributed by atoms with Crippen LogP contribution in [0.2, 0.25) is 0 Å². The molecule has 0 bridgehead atoms. The Hall–Kier alpha value is -3.13. The standard InChI is InChI=1S/C18H17N3O4S/c1-12-4-6-13(7-5-12)20-18-21-14(11-26-18)10-25-16(22)9-19-17(23)15-3-2-8-24-15/h2-8,11H,9-10H2,1H3,(H,19,23)(H,20,21). The molecule has 2 heterocycles. The van der Waals surface area contributed by atoms with Crippen LogP contribution in [-0.2, 0) is 16.1 Å². The van der Waals surface area contributed by atoms with Gasteiger partial charge >= 0.3 is 5.97 Å². The highest BCUT2D eigenvalue weighted by molar-refractivity contribution is 7.13. The van der Waals surface area contributed by atoms with Gasteiger partial charge in [-0.3, -0.25) is 9.59 Å². The van der Waals surface area contributed by atoms with Gasteiger partial charge in [-0.2, -0.15) is 0 Å². The highest BCUT2D eigenvalue weighted by Crippen LogP contribution is 2.21. The predicted molar refractivity (Wildman–Crippen MR) is 97.4 cm³/mol. The Balaban J connectivity index is 1.43. The molecule has 0 radical (unpaired) electrons. The van der Waals surface area contributed by atoms with Crippen LogP contribution in [0.1, 0.15) is 21.8 Å². The van der Waals surface area contributed by atoms with Crippen LogP contribution >= 0.6 is 11.3 Å². The number of thiazole rings is 1. The van der Waals surface area contributed by atoms with Gasteiger partial charge in [0.15, 0.2) is 10.9 Å². The number of nitrogens with zero attached hydrogens (tertiary/aromatic N) is 1. The highest BCUT2D eigenvalue weighted by Gasteiger charge is 2.11. The van der Waals surface area contributed by atoms with Gasteiger partial charge in [-0.25, -0.2) is 4.98 Å². The Kier molecular flexibility index (Phi) is 5.65. The number of benzene rings is 1. The van der Waals surface area contributed by atoms with Crippen molar-refractivity contribution in [3.05, 3.63) is 65.1 Å². The molecule has 0 saturated carbocycles. The summed E-state index contributed by atoms with van der Waals surface area (Å²) in [5.74, 6) is -0.875. The molecule has 1 aromatic carbocycles. The van der Waals surface area contributed by atoms with Crippen molar-refractivity contribution in [2.24, 2.45) is 0 Å². The summed E-state index contributed by atoms with van der Waals surface area (Å²) in [4.78, 5) is 27.7. The van der Waals surface area contributed by atoms with Crippen LogP contribution in [-0.4, -0.2) is 23.4 Å². The molecule has 8 heteroatoms. The molecular formula is C18H17N3O4S. The van der Waals surface area contributed by atoms with Crippen LogP contribution in [0.3, 0.4) is 0 Å². The van der Waals surface area contributed by atoms with Crippen molar-refractivity contribution in [1.29, 1.82) is 0 Å². The van der Waals surface area contributed by atoms with E-state index in [4.69, 9.17) is 9.15 Å². The molecule has 0 unspecified atom stereocenters. The van der Waals surface area contributed by atoms with E-state index in [9.17, 15) is 9.59 Å². The van der Waals surface area contributed by atoms with E-state index in [0.717, 1.165) is 5.69 Å². The molecule has 0 aliphatic rings. The number of ether oxygens (including phenoxy) is 1. The number of carbonyl (C=O) groups is 2. The van der Waals surface area contributed by atoms with Crippen LogP contribution in [0.4, 0.5) is 10.8 Å². The van der Waals surface area contributed by atoms with E-state index in [1.165, 1.54) is 29.2 Å². The zero-order chi connectivity index (χ0) is 18.4. The lowest BCUT2D eigenvalue weighted by molar-refractivity contribution is -0.143. The highest BCUT2D eigenvalue weighted by atomic mass is 32.1. The van der Waals surface area contributed by atoms with Crippen LogP contribution in [0.5, 0.6) is 0 Å². The van der Waals surface area contributed by atoms with Crippen molar-refractivity contribution in [2.75, 3.05) is 11.9 Å². The Morgan fingerprint density at radius 2 is 2.04 bits per heavy atom. The molecule has 3 rings (SSSR count). The number of rotatable bonds is 7. The van der Waals surface area contributed by atoms with Gasteiger partial charge in [0.2, 0.25) is 0 Å². The van der Waals surface area contributed by atoms with Gasteiger partial charge in [0.05, 0.1) is 12.0 Å². The number of nitrogens with one attached hydrogen (secondary N) is 2. The van der Waals surface area contributed by atoms with Gasteiger partial charge in [0.25, 0.3) is 5.91 Å². The van der Waals surface area contributed by atoms with Crippen molar-refractivity contribution in [2.45, 2.75) is 13.5 Å². The van der Waals surface area contributed by atoms with E-state index in [0.29, 0.717) is 10.8 Å². The van der Waals surface area contributed by atoms with Crippen LogP contribution in [0, 0.1) is 6.92 Å². The third kappa shape index (κ3) is 4.93. The van der Waals surface area contributed by atoms with Crippen LogP contribution in [0.15, 0.2) is 52.5 Å². The molecular weight excluding hydrogens is 354 g/mol. The quantitative estimate of drug-likeness (QED) is 0.619. The first-order valence-electron chi connectivity index (χ1n) is 7.85. The number of furan rings is 1. The second kappa shape index (κ2) is 8.30. The molecule has 0 spiro atoms. The second-order valence-corrected chi connectivity index (χ2v) is 6.31. The van der Waals surface area contributed by atoms with E-state index in [1.54, 1.807) is 6.07 Å². The van der Waals surface area contributed by atoms with Gasteiger partial charge in [-0.05, 0) is 31.2 Å². The van der Waals surface area contributed by atoms with Crippen molar-refractivity contribution < 1.29 is 18.7 Å². The number of amides is 1. The predicted octanol–water partition coefficient (Wildman–Crippen LogP) is 3.26. The minimum Gasteiger partial charge on any atom is -0.459 e. The maximum Gasteiger partial charge on any atom is 0.325 e. The molecule has 0 fully saturated rings. The maximum atomic E-state index is 11.7. The van der Waals surface area contributed by atoms with Gasteiger partial charge in [-0.15, -0.1) is 11.3 Å². The van der Waals surface area contributed by atoms with Crippen LogP contribution < -0.4 is 10.6 Å². The van der Waals surface area contributed by atoms with E-state index in [-0.39, 0.29) is 18.9 Å². The van der Waals surface area contributed by atoms with E-state index >= 15 is 0 Å². The molecule has 0 aliphatic carbocycles. The second-order valence-electron chi connectivity index (χ2n) is 5.46. The Morgan fingerprint density at radius 1 is 1.23 bits per heavy atom. The summed E-state index contributed by atoms with van der Waals surface area (Å²) in [6.07, 6.45) is 1.39. The molecule has 0 saturated heterocycles. The average molecular weight is 371 g/mol. The number of carbonyl (C=O) groups excluding carboxylic acids is 2. The van der Waals surface area contributed by atoms with E-state index in [2.05, 4.69) is 15.6 Å². The Labute approximate surface area is 154 Å². The normalized spacial score (nSPS) is 10.3. The molecule has 3 aromatic rings. The monoisotopic (exact) mass is 371 g/mol. The number of anilines is 2. The number of aromatic nitrogens is 1. The zero-order valence-corrected chi connectivity index (χ0v) is 14.8. The first kappa shape index (κ1) is 17.7. The number of hydrogen-bond donors (Lipinski definition) is 2. The smallest absolute Gasteiger partial charge is 0.325 e. The minimum atomic E-state index is -0.550. The fraction of sp³-hybridized carbons (Fsp3) is 0.167. The fourth-order valence-corrected chi connectivity index (χ4v) is 2.76. The Bertz CT molecular complexity index is 872. The van der Waals surface area contributed by atoms with Gasteiger partial charge < -0.3 is 19.8 Å². The molecule has 26 heavy (non-hydrogen) atoms. The van der Waals surface area contributed by atoms with Gasteiger partial charge in [-0.1, -0.05) is 17.7 Å². The van der Waals surface area contributed by atoms with Crippen molar-refractivity contribution in [3.63, 3.8) is 0 Å². The maximum absolute atomic E-state index is 11.7. The van der Waals surface area contributed by atoms with Crippen molar-refractivity contribution >= 4 is 34.0 Å². The summed E-state index contributed by atoms with van der Waals surface area (Å²) in [6.45, 7) is 1.83. The lowest BCUT2D eigenvalue weighted by atomic mass is 10.2. The Morgan fingerprint density at radius 3 is 2.77 bits per heavy atom. The average Bonchev–Trinajstić information content (AvgIpc) is 3.32. The largest absolute Gasteiger partial charge is 0.459 e. The molecule has 0 aliphatic heterocycles. The lowest BCUT2D eigenvalue weighted by Gasteiger charge is -2.04. The van der Waals surface area contributed by atoms with Gasteiger partial charge in [0.1, 0.15) is 13.2 Å². The van der Waals surface area contributed by atoms with Crippen molar-refractivity contribution in [1.82, 2.24) is 10.3 Å². The lowest BCUT2D eigenvalue weighted by Crippen LogP contribution is -2.30. The first-order chi connectivity index (χ1) is 12.6. The molecule has 7 nitrogen and oxygen atoms in total. The number of aryl methyl sites for hydroxylation is 1. The van der Waals surface area contributed by atoms with E-state index < -0.39 is 11.9 Å². The molecule has 0 atom stereocenters. The third-order valence-corrected chi connectivity index (χ3v) is 4.18. The third-order valence-electron chi connectivity index (χ3n) is 3.37. The summed E-state index contributed by atoms with van der Waals surface area (Å²) in [7, 11) is 0. The summed E-state index contributed by atoms with van der Waals surface area (Å²) >= 11 is 1.42. The van der Waals surface area contributed by atoms with Crippen LogP contribution in [0.25, 0.3) is 0 Å². The first-order valence-corrected chi connectivity index (χ1v) is 8.73. The zero-order valence-electron chi connectivity index (χ0n) is 14.0. The summed E-state index contributed by atoms with van der Waals surface area (Å²) in [6, 6.07) is 11.1. The number of hydrogen-bond acceptors (Lipinski definition) is 7. The SMILES string of the molecule is Cc1ccc(Nc2nc(COC(=O)CNC(=O)c3ccco3)cs2)cc1. The minimum absolute atomic E-state index is 0.0432. The molecule has 2 N–H and O–H groups in total. The van der Waals surface area contributed by atoms with Gasteiger partial charge in [0, 0.05) is 11.1 Å². The van der Waals surface area contributed by atoms with E-state index in [1.807, 2.05) is 36.6 Å². The molecule has 1 amide bonds. The molecule has 2 aromatic heterocycles. The van der Waals surface area contributed by atoms with Crippen molar-refractivity contribution in [3.8, 4) is 0 Å². The summed E-state index contributed by atoms with van der Waals surface area (Å²) < 4.78 is 10.0. The summed E-state index contributed by atoms with van der Waals surface area (Å²) in [5, 5.41) is 8.15. The molecule has 134 valence electrons. The fourth-order valence-electron chi connectivity index (χ4n) is 2.04. The number of esters is 1.